The zero-order chi connectivity index (χ0) is 18.2. The van der Waals surface area contributed by atoms with Crippen molar-refractivity contribution in [2.24, 2.45) is 0 Å². The lowest BCUT2D eigenvalue weighted by Crippen LogP contribution is -2.35. The fourth-order valence-electron chi connectivity index (χ4n) is 2.40. The van der Waals surface area contributed by atoms with Crippen LogP contribution < -0.4 is 5.32 Å². The fourth-order valence-corrected chi connectivity index (χ4v) is 2.40. The predicted octanol–water partition coefficient (Wildman–Crippen LogP) is 1.47. The third kappa shape index (κ3) is 3.44. The molecule has 3 aromatic heterocycles. The summed E-state index contributed by atoms with van der Waals surface area (Å²) in [7, 11) is 0. The highest BCUT2D eigenvalue weighted by molar-refractivity contribution is 5.99. The van der Waals surface area contributed by atoms with E-state index in [1.807, 2.05) is 0 Å². The molecule has 11 heteroatoms. The topological polar surface area (TPSA) is 90.0 Å². The Morgan fingerprint density at radius 1 is 1.36 bits per heavy atom. The van der Waals surface area contributed by atoms with Crippen LogP contribution in [-0.4, -0.2) is 41.3 Å². The summed E-state index contributed by atoms with van der Waals surface area (Å²) in [6.45, 7) is 3.54. The van der Waals surface area contributed by atoms with Gasteiger partial charge in [0.1, 0.15) is 23.9 Å². The van der Waals surface area contributed by atoms with Crippen LogP contribution in [0.5, 0.6) is 0 Å². The molecular weight excluding hydrogens is 339 g/mol. The maximum Gasteiger partial charge on any atom is 0.433 e. The second-order valence-electron chi connectivity index (χ2n) is 5.57. The molecule has 132 valence electrons. The van der Waals surface area contributed by atoms with Crippen LogP contribution in [0.3, 0.4) is 0 Å². The van der Waals surface area contributed by atoms with E-state index in [2.05, 4.69) is 25.5 Å². The minimum Gasteiger partial charge on any atom is -0.348 e. The monoisotopic (exact) mass is 353 g/mol. The molecule has 8 nitrogen and oxygen atoms in total. The summed E-state index contributed by atoms with van der Waals surface area (Å²) in [6, 6.07) is 0.561. The average molecular weight is 353 g/mol. The molecule has 1 unspecified atom stereocenters. The number of hydrogen-bond acceptors (Lipinski definition) is 5. The first-order valence-electron chi connectivity index (χ1n) is 7.31. The third-order valence-electron chi connectivity index (χ3n) is 3.44. The number of aromatic nitrogens is 6. The van der Waals surface area contributed by atoms with E-state index in [0.717, 1.165) is 12.3 Å². The highest BCUT2D eigenvalue weighted by Crippen LogP contribution is 2.30. The van der Waals surface area contributed by atoms with Gasteiger partial charge in [0.05, 0.1) is 12.7 Å². The maximum atomic E-state index is 13.1. The Labute approximate surface area is 139 Å². The van der Waals surface area contributed by atoms with Crippen molar-refractivity contribution in [3.8, 4) is 0 Å². The lowest BCUT2D eigenvalue weighted by molar-refractivity contribution is -0.142. The molecule has 3 aromatic rings. The quantitative estimate of drug-likeness (QED) is 0.767. The minimum atomic E-state index is -4.61. The van der Waals surface area contributed by atoms with Crippen LogP contribution in [0.15, 0.2) is 24.9 Å². The van der Waals surface area contributed by atoms with Crippen molar-refractivity contribution in [3.05, 3.63) is 41.9 Å². The first-order chi connectivity index (χ1) is 11.8. The number of halogens is 3. The van der Waals surface area contributed by atoms with Crippen molar-refractivity contribution in [2.75, 3.05) is 0 Å². The van der Waals surface area contributed by atoms with Crippen LogP contribution in [0.1, 0.15) is 28.7 Å². The molecule has 0 spiro atoms. The van der Waals surface area contributed by atoms with Crippen molar-refractivity contribution in [1.29, 1.82) is 0 Å². The highest BCUT2D eigenvalue weighted by atomic mass is 19.4. The molecule has 0 aliphatic heterocycles. The van der Waals surface area contributed by atoms with Gasteiger partial charge in [0.25, 0.3) is 5.91 Å². The molecule has 0 saturated heterocycles. The van der Waals surface area contributed by atoms with Crippen molar-refractivity contribution >= 4 is 11.6 Å². The fraction of sp³-hybridized carbons (Fsp3) is 0.357. The molecule has 0 radical (unpaired) electrons. The van der Waals surface area contributed by atoms with E-state index in [9.17, 15) is 18.0 Å². The van der Waals surface area contributed by atoms with Gasteiger partial charge in [-0.25, -0.2) is 14.5 Å². The van der Waals surface area contributed by atoms with Gasteiger partial charge < -0.3 is 5.32 Å². The molecule has 0 aromatic carbocycles. The van der Waals surface area contributed by atoms with Crippen molar-refractivity contribution in [3.63, 3.8) is 0 Å². The highest BCUT2D eigenvalue weighted by Gasteiger charge is 2.35. The summed E-state index contributed by atoms with van der Waals surface area (Å²) < 4.78 is 41.5. The predicted molar refractivity (Wildman–Crippen MR) is 79.7 cm³/mol. The normalized spacial score (nSPS) is 13.2. The second kappa shape index (κ2) is 6.15. The molecule has 0 saturated carbocycles. The first kappa shape index (κ1) is 16.9. The van der Waals surface area contributed by atoms with Gasteiger partial charge in [0.2, 0.25) is 0 Å². The van der Waals surface area contributed by atoms with E-state index in [1.165, 1.54) is 24.3 Å². The van der Waals surface area contributed by atoms with Gasteiger partial charge in [0, 0.05) is 11.7 Å². The summed E-state index contributed by atoms with van der Waals surface area (Å²) >= 11 is 0. The third-order valence-corrected chi connectivity index (χ3v) is 3.44. The van der Waals surface area contributed by atoms with Gasteiger partial charge in [-0.2, -0.15) is 23.4 Å². The smallest absolute Gasteiger partial charge is 0.348 e. The Kier molecular flexibility index (Phi) is 4.15. The Hall–Kier alpha value is -2.98. The number of nitrogens with zero attached hydrogens (tertiary/aromatic N) is 6. The van der Waals surface area contributed by atoms with Gasteiger partial charge in [-0.05, 0) is 19.9 Å². The number of carbonyl (C=O) groups excluding carboxylic acids is 1. The number of carbonyl (C=O) groups is 1. The second-order valence-corrected chi connectivity index (χ2v) is 5.57. The standard InChI is InChI=1S/C14H14F3N7O/c1-8-3-11(14(15,16)17)24-12(21-8)10(4-19-24)13(25)22-9(2)5-23-7-18-6-20-23/h3-4,6-7,9H,5H2,1-2H3,(H,22,25). The van der Waals surface area contributed by atoms with Crippen molar-refractivity contribution in [1.82, 2.24) is 34.7 Å². The molecule has 0 aliphatic carbocycles. The summed E-state index contributed by atoms with van der Waals surface area (Å²) in [4.78, 5) is 20.2. The van der Waals surface area contributed by atoms with Crippen molar-refractivity contribution < 1.29 is 18.0 Å². The van der Waals surface area contributed by atoms with Crippen LogP contribution in [-0.2, 0) is 12.7 Å². The lowest BCUT2D eigenvalue weighted by Gasteiger charge is -2.13. The number of amides is 1. The van der Waals surface area contributed by atoms with E-state index >= 15 is 0 Å². The SMILES string of the molecule is Cc1cc(C(F)(F)F)n2ncc(C(=O)NC(C)Cn3cncn3)c2n1. The molecule has 1 amide bonds. The number of fused-ring (bicyclic) bond motifs is 1. The number of alkyl halides is 3. The van der Waals surface area contributed by atoms with Crippen LogP contribution in [0.4, 0.5) is 13.2 Å². The molecule has 3 rings (SSSR count). The zero-order valence-electron chi connectivity index (χ0n) is 13.3. The Morgan fingerprint density at radius 2 is 2.12 bits per heavy atom. The van der Waals surface area contributed by atoms with E-state index in [1.54, 1.807) is 6.92 Å². The largest absolute Gasteiger partial charge is 0.433 e. The zero-order valence-corrected chi connectivity index (χ0v) is 13.3. The number of nitrogens with one attached hydrogen (secondary N) is 1. The first-order valence-corrected chi connectivity index (χ1v) is 7.31. The molecular formula is C14H14F3N7O. The molecule has 3 heterocycles. The molecule has 25 heavy (non-hydrogen) atoms. The maximum absolute atomic E-state index is 13.1. The van der Waals surface area contributed by atoms with Gasteiger partial charge in [-0.15, -0.1) is 0 Å². The summed E-state index contributed by atoms with van der Waals surface area (Å²) in [6.07, 6.45) is -0.662. The summed E-state index contributed by atoms with van der Waals surface area (Å²) in [5.74, 6) is -0.561. The molecule has 0 aliphatic rings. The molecule has 1 atom stereocenters. The van der Waals surface area contributed by atoms with Crippen molar-refractivity contribution in [2.45, 2.75) is 32.6 Å². The van der Waals surface area contributed by atoms with Gasteiger partial charge >= 0.3 is 6.18 Å². The summed E-state index contributed by atoms with van der Waals surface area (Å²) in [5, 5.41) is 10.3. The molecule has 0 fully saturated rings. The molecule has 0 bridgehead atoms. The van der Waals surface area contributed by atoms with Gasteiger partial charge in [0.15, 0.2) is 5.65 Å². The van der Waals surface area contributed by atoms with E-state index < -0.39 is 17.8 Å². The Morgan fingerprint density at radius 3 is 2.76 bits per heavy atom. The average Bonchev–Trinajstić information content (AvgIpc) is 3.14. The van der Waals surface area contributed by atoms with E-state index in [0.29, 0.717) is 11.1 Å². The van der Waals surface area contributed by atoms with Crippen LogP contribution in [0, 0.1) is 6.92 Å². The number of rotatable bonds is 4. The Balaban J connectivity index is 1.88. The van der Waals surface area contributed by atoms with Crippen LogP contribution in [0.2, 0.25) is 0 Å². The number of hydrogen-bond donors (Lipinski definition) is 1. The van der Waals surface area contributed by atoms with Gasteiger partial charge in [-0.1, -0.05) is 0 Å². The van der Waals surface area contributed by atoms with Crippen LogP contribution >= 0.6 is 0 Å². The van der Waals surface area contributed by atoms with E-state index in [4.69, 9.17) is 0 Å². The van der Waals surface area contributed by atoms with Crippen LogP contribution in [0.25, 0.3) is 5.65 Å². The Bertz CT molecular complexity index is 901. The minimum absolute atomic E-state index is 0.0281. The molecule has 1 N–H and O–H groups in total. The van der Waals surface area contributed by atoms with Gasteiger partial charge in [-0.3, -0.25) is 9.48 Å². The number of aryl methyl sites for hydroxylation is 1. The lowest BCUT2D eigenvalue weighted by atomic mass is 10.2. The summed E-state index contributed by atoms with van der Waals surface area (Å²) in [5.41, 5.74) is -1.01. The van der Waals surface area contributed by atoms with E-state index in [-0.39, 0.29) is 22.9 Å².